The third-order valence-corrected chi connectivity index (χ3v) is 4.27. The second kappa shape index (κ2) is 7.81. The van der Waals surface area contributed by atoms with Crippen molar-refractivity contribution < 1.29 is 4.92 Å². The number of benzene rings is 1. The third kappa shape index (κ3) is 5.64. The lowest BCUT2D eigenvalue weighted by atomic mass is 9.87. The van der Waals surface area contributed by atoms with Crippen LogP contribution in [0.5, 0.6) is 0 Å². The largest absolute Gasteiger partial charge is 0.384 e. The molecule has 5 heteroatoms. The number of halogens is 1. The van der Waals surface area contributed by atoms with E-state index in [4.69, 9.17) is 0 Å². The molecule has 112 valence electrons. The van der Waals surface area contributed by atoms with Crippen molar-refractivity contribution in [2.75, 3.05) is 11.9 Å². The van der Waals surface area contributed by atoms with Gasteiger partial charge in [0.05, 0.1) is 4.92 Å². The van der Waals surface area contributed by atoms with Crippen LogP contribution in [0.4, 0.5) is 11.4 Å². The fraction of sp³-hybridized carbons (Fsp3) is 0.600. The molecule has 0 aliphatic carbocycles. The number of unbranched alkanes of at least 4 members (excludes halogenated alkanes) is 2. The summed E-state index contributed by atoms with van der Waals surface area (Å²) in [4.78, 5) is 10.3. The highest BCUT2D eigenvalue weighted by Gasteiger charge is 2.18. The Balaban J connectivity index is 2.58. The summed E-state index contributed by atoms with van der Waals surface area (Å²) < 4.78 is 0.890. The predicted octanol–water partition coefficient (Wildman–Crippen LogP) is 5.22. The zero-order chi connectivity index (χ0) is 15.2. The van der Waals surface area contributed by atoms with E-state index in [2.05, 4.69) is 48.7 Å². The fourth-order valence-electron chi connectivity index (χ4n) is 2.04. The van der Waals surface area contributed by atoms with Crippen LogP contribution >= 0.6 is 22.6 Å². The van der Waals surface area contributed by atoms with Gasteiger partial charge in [-0.2, -0.15) is 0 Å². The molecule has 0 spiro atoms. The maximum Gasteiger partial charge on any atom is 0.270 e. The minimum Gasteiger partial charge on any atom is -0.384 e. The summed E-state index contributed by atoms with van der Waals surface area (Å²) in [6.07, 6.45) is 4.96. The van der Waals surface area contributed by atoms with Gasteiger partial charge in [-0.1, -0.05) is 40.0 Å². The number of hydrogen-bond donors (Lipinski definition) is 1. The lowest BCUT2D eigenvalue weighted by Crippen LogP contribution is -2.23. The number of non-ortho nitro benzene ring substituents is 1. The third-order valence-electron chi connectivity index (χ3n) is 3.38. The summed E-state index contributed by atoms with van der Waals surface area (Å²) in [5.74, 6) is 0. The summed E-state index contributed by atoms with van der Waals surface area (Å²) in [6, 6.07) is 4.95. The number of rotatable bonds is 8. The highest BCUT2D eigenvalue weighted by Crippen LogP contribution is 2.27. The molecule has 1 aromatic rings. The van der Waals surface area contributed by atoms with E-state index in [0.717, 1.165) is 15.8 Å². The molecule has 4 nitrogen and oxygen atoms in total. The van der Waals surface area contributed by atoms with Crippen LogP contribution in [0.2, 0.25) is 0 Å². The first kappa shape index (κ1) is 17.2. The summed E-state index contributed by atoms with van der Waals surface area (Å²) in [5.41, 5.74) is 1.35. The van der Waals surface area contributed by atoms with Crippen molar-refractivity contribution in [2.24, 2.45) is 5.41 Å². The smallest absolute Gasteiger partial charge is 0.270 e. The molecule has 0 heterocycles. The maximum atomic E-state index is 10.7. The lowest BCUT2D eigenvalue weighted by molar-refractivity contribution is -0.384. The van der Waals surface area contributed by atoms with Gasteiger partial charge in [-0.15, -0.1) is 0 Å². The van der Waals surface area contributed by atoms with E-state index in [0.29, 0.717) is 0 Å². The fourth-order valence-corrected chi connectivity index (χ4v) is 2.73. The van der Waals surface area contributed by atoms with E-state index < -0.39 is 0 Å². The van der Waals surface area contributed by atoms with Crippen LogP contribution in [0.25, 0.3) is 0 Å². The molecule has 0 aromatic heterocycles. The Morgan fingerprint density at radius 1 is 1.35 bits per heavy atom. The predicted molar refractivity (Wildman–Crippen MR) is 92.2 cm³/mol. The minimum atomic E-state index is -0.360. The zero-order valence-electron chi connectivity index (χ0n) is 12.4. The van der Waals surface area contributed by atoms with Crippen LogP contribution in [0.15, 0.2) is 18.2 Å². The van der Waals surface area contributed by atoms with Crippen molar-refractivity contribution in [3.8, 4) is 0 Å². The van der Waals surface area contributed by atoms with Crippen LogP contribution in [0, 0.1) is 19.1 Å². The first-order valence-electron chi connectivity index (χ1n) is 7.03. The van der Waals surface area contributed by atoms with Crippen molar-refractivity contribution in [3.05, 3.63) is 31.9 Å². The first-order chi connectivity index (χ1) is 9.35. The molecule has 1 aromatic carbocycles. The van der Waals surface area contributed by atoms with Crippen molar-refractivity contribution in [1.29, 1.82) is 0 Å². The van der Waals surface area contributed by atoms with Crippen molar-refractivity contribution in [2.45, 2.75) is 46.5 Å². The molecule has 0 saturated carbocycles. The van der Waals surface area contributed by atoms with Gasteiger partial charge in [0.15, 0.2) is 0 Å². The van der Waals surface area contributed by atoms with Crippen LogP contribution in [-0.2, 0) is 0 Å². The van der Waals surface area contributed by atoms with Gasteiger partial charge in [-0.3, -0.25) is 10.1 Å². The quantitative estimate of drug-likeness (QED) is 0.287. The highest BCUT2D eigenvalue weighted by atomic mass is 127. The second-order valence-corrected chi connectivity index (χ2v) is 7.06. The zero-order valence-corrected chi connectivity index (χ0v) is 14.6. The number of hydrogen-bond acceptors (Lipinski definition) is 3. The van der Waals surface area contributed by atoms with E-state index >= 15 is 0 Å². The summed E-state index contributed by atoms with van der Waals surface area (Å²) in [5, 5.41) is 14.1. The molecule has 0 saturated heterocycles. The Kier molecular flexibility index (Phi) is 6.71. The SMILES string of the molecule is CCCCCC(C)(C)CNc1ccc([N+](=O)[O-])cc1I. The Bertz CT molecular complexity index is 461. The number of nitrogens with one attached hydrogen (secondary N) is 1. The number of nitro benzene ring substituents is 1. The van der Waals surface area contributed by atoms with E-state index in [1.54, 1.807) is 18.2 Å². The van der Waals surface area contributed by atoms with E-state index in [9.17, 15) is 10.1 Å². The molecule has 1 N–H and O–H groups in total. The molecule has 0 radical (unpaired) electrons. The van der Waals surface area contributed by atoms with Crippen LogP contribution < -0.4 is 5.32 Å². The molecule has 0 aliphatic rings. The van der Waals surface area contributed by atoms with Crippen LogP contribution in [0.1, 0.15) is 46.5 Å². The Hall–Kier alpha value is -0.850. The average Bonchev–Trinajstić information content (AvgIpc) is 2.37. The monoisotopic (exact) mass is 390 g/mol. The molecule has 0 atom stereocenters. The van der Waals surface area contributed by atoms with Gasteiger partial charge in [0.25, 0.3) is 5.69 Å². The molecule has 0 unspecified atom stereocenters. The van der Waals surface area contributed by atoms with Gasteiger partial charge in [0.1, 0.15) is 0 Å². The first-order valence-corrected chi connectivity index (χ1v) is 8.11. The highest BCUT2D eigenvalue weighted by molar-refractivity contribution is 14.1. The van der Waals surface area contributed by atoms with Crippen molar-refractivity contribution >= 4 is 34.0 Å². The van der Waals surface area contributed by atoms with Gasteiger partial charge >= 0.3 is 0 Å². The lowest BCUT2D eigenvalue weighted by Gasteiger charge is -2.26. The van der Waals surface area contributed by atoms with Crippen LogP contribution in [0.3, 0.4) is 0 Å². The van der Waals surface area contributed by atoms with Gasteiger partial charge < -0.3 is 5.32 Å². The van der Waals surface area contributed by atoms with Crippen molar-refractivity contribution in [1.82, 2.24) is 0 Å². The summed E-state index contributed by atoms with van der Waals surface area (Å²) >= 11 is 2.14. The number of nitro groups is 1. The Morgan fingerprint density at radius 3 is 2.60 bits per heavy atom. The molecular weight excluding hydrogens is 367 g/mol. The molecule has 0 aliphatic heterocycles. The summed E-state index contributed by atoms with van der Waals surface area (Å²) in [7, 11) is 0. The second-order valence-electron chi connectivity index (χ2n) is 5.90. The van der Waals surface area contributed by atoms with Gasteiger partial charge in [0, 0.05) is 27.9 Å². The molecule has 1 rings (SSSR count). The summed E-state index contributed by atoms with van der Waals surface area (Å²) in [6.45, 7) is 7.61. The van der Waals surface area contributed by atoms with Gasteiger partial charge in [-0.25, -0.2) is 0 Å². The Labute approximate surface area is 134 Å². The number of nitrogens with zero attached hydrogens (tertiary/aromatic N) is 1. The van der Waals surface area contributed by atoms with Gasteiger partial charge in [-0.05, 0) is 40.5 Å². The van der Waals surface area contributed by atoms with E-state index in [1.807, 2.05) is 0 Å². The van der Waals surface area contributed by atoms with Crippen molar-refractivity contribution in [3.63, 3.8) is 0 Å². The van der Waals surface area contributed by atoms with Crippen LogP contribution in [-0.4, -0.2) is 11.5 Å². The molecule has 0 amide bonds. The average molecular weight is 390 g/mol. The number of anilines is 1. The van der Waals surface area contributed by atoms with Gasteiger partial charge in [0.2, 0.25) is 0 Å². The van der Waals surface area contributed by atoms with E-state index in [-0.39, 0.29) is 16.0 Å². The molecule has 20 heavy (non-hydrogen) atoms. The molecule has 0 bridgehead atoms. The topological polar surface area (TPSA) is 55.2 Å². The normalized spacial score (nSPS) is 11.4. The Morgan fingerprint density at radius 2 is 2.05 bits per heavy atom. The molecular formula is C15H23IN2O2. The minimum absolute atomic E-state index is 0.141. The maximum absolute atomic E-state index is 10.7. The standard InChI is InChI=1S/C15H23IN2O2/c1-4-5-6-9-15(2,3)11-17-14-8-7-12(18(19)20)10-13(14)16/h7-8,10,17H,4-6,9,11H2,1-3H3. The van der Waals surface area contributed by atoms with E-state index in [1.165, 1.54) is 25.7 Å². The molecule has 0 fully saturated rings.